The number of hydrogen-bond acceptors (Lipinski definition) is 5. The summed E-state index contributed by atoms with van der Waals surface area (Å²) in [6.07, 6.45) is 4.69. The molecule has 0 aliphatic carbocycles. The van der Waals surface area contributed by atoms with Gasteiger partial charge >= 0.3 is 5.97 Å². The van der Waals surface area contributed by atoms with Gasteiger partial charge in [0.15, 0.2) is 0 Å². The largest absolute Gasteiger partial charge is 0.497 e. The number of aromatic carboxylic acids is 1. The van der Waals surface area contributed by atoms with Crippen LogP contribution in [0, 0.1) is 0 Å². The van der Waals surface area contributed by atoms with Gasteiger partial charge in [0.2, 0.25) is 0 Å². The first-order valence-corrected chi connectivity index (χ1v) is 9.60. The minimum Gasteiger partial charge on any atom is -0.497 e. The lowest BCUT2D eigenvalue weighted by Crippen LogP contribution is -2.18. The van der Waals surface area contributed by atoms with Gasteiger partial charge < -0.3 is 19.6 Å². The van der Waals surface area contributed by atoms with E-state index in [9.17, 15) is 9.90 Å². The lowest BCUT2D eigenvalue weighted by Gasteiger charge is -2.13. The zero-order valence-electron chi connectivity index (χ0n) is 16.5. The number of methoxy groups -OCH3 is 1. The summed E-state index contributed by atoms with van der Waals surface area (Å²) < 4.78 is 7.39. The Morgan fingerprint density at radius 2 is 1.76 bits per heavy atom. The maximum Gasteiger partial charge on any atom is 0.335 e. The molecule has 0 amide bonds. The number of nitrogens with two attached hydrogens (primary N) is 1. The SMILES string of the molecule is COc1ccc(Cn2cc(CN3CCCC3)c3ccc(C(=O)O)cc32)cc1.NO. The molecule has 0 bridgehead atoms. The average molecular weight is 397 g/mol. The van der Waals surface area contributed by atoms with Gasteiger partial charge in [-0.15, -0.1) is 0 Å². The summed E-state index contributed by atoms with van der Waals surface area (Å²) in [7, 11) is 1.66. The molecule has 1 aromatic heterocycles. The number of hydrogen-bond donors (Lipinski definition) is 3. The van der Waals surface area contributed by atoms with Crippen LogP contribution in [0.15, 0.2) is 48.7 Å². The molecule has 7 heteroatoms. The van der Waals surface area contributed by atoms with Crippen molar-refractivity contribution in [2.45, 2.75) is 25.9 Å². The van der Waals surface area contributed by atoms with E-state index < -0.39 is 5.97 Å². The first-order valence-electron chi connectivity index (χ1n) is 9.60. The summed E-state index contributed by atoms with van der Waals surface area (Å²) >= 11 is 0. The highest BCUT2D eigenvalue weighted by Crippen LogP contribution is 2.26. The maximum atomic E-state index is 11.4. The van der Waals surface area contributed by atoms with Gasteiger partial charge in [0.1, 0.15) is 5.75 Å². The summed E-state index contributed by atoms with van der Waals surface area (Å²) in [5.74, 6) is 3.44. The molecule has 2 heterocycles. The average Bonchev–Trinajstić information content (AvgIpc) is 3.38. The van der Waals surface area contributed by atoms with Crippen LogP contribution >= 0.6 is 0 Å². The van der Waals surface area contributed by atoms with Crippen molar-refractivity contribution in [3.63, 3.8) is 0 Å². The van der Waals surface area contributed by atoms with Crippen molar-refractivity contribution < 1.29 is 19.8 Å². The van der Waals surface area contributed by atoms with Crippen molar-refractivity contribution in [1.82, 2.24) is 9.47 Å². The summed E-state index contributed by atoms with van der Waals surface area (Å²) in [6.45, 7) is 3.89. The Labute approximate surface area is 169 Å². The van der Waals surface area contributed by atoms with Crippen LogP contribution in [-0.2, 0) is 13.1 Å². The number of fused-ring (bicyclic) bond motifs is 1. The highest BCUT2D eigenvalue weighted by molar-refractivity contribution is 5.94. The zero-order valence-corrected chi connectivity index (χ0v) is 16.5. The molecule has 154 valence electrons. The zero-order chi connectivity index (χ0) is 20.8. The fourth-order valence-corrected chi connectivity index (χ4v) is 3.87. The number of nitrogens with zero attached hydrogens (tertiary/aromatic N) is 2. The molecule has 1 saturated heterocycles. The van der Waals surface area contributed by atoms with Gasteiger partial charge in [-0.2, -0.15) is 0 Å². The third-order valence-electron chi connectivity index (χ3n) is 5.32. The third-order valence-corrected chi connectivity index (χ3v) is 5.32. The monoisotopic (exact) mass is 397 g/mol. The quantitative estimate of drug-likeness (QED) is 0.552. The van der Waals surface area contributed by atoms with Crippen molar-refractivity contribution in [2.75, 3.05) is 20.2 Å². The van der Waals surface area contributed by atoms with Crippen molar-refractivity contribution in [3.05, 3.63) is 65.4 Å². The fourth-order valence-electron chi connectivity index (χ4n) is 3.87. The molecule has 29 heavy (non-hydrogen) atoms. The predicted octanol–water partition coefficient (Wildman–Crippen LogP) is 3.33. The molecule has 4 rings (SSSR count). The van der Waals surface area contributed by atoms with Crippen molar-refractivity contribution in [3.8, 4) is 5.75 Å². The highest BCUT2D eigenvalue weighted by Gasteiger charge is 2.17. The van der Waals surface area contributed by atoms with Gasteiger partial charge in [0.25, 0.3) is 0 Å². The van der Waals surface area contributed by atoms with Gasteiger partial charge in [-0.05, 0) is 61.3 Å². The van der Waals surface area contributed by atoms with E-state index in [-0.39, 0.29) is 0 Å². The lowest BCUT2D eigenvalue weighted by atomic mass is 10.1. The fraction of sp³-hybridized carbons (Fsp3) is 0.318. The number of carboxylic acids is 1. The number of carbonyl (C=O) groups is 1. The van der Waals surface area contributed by atoms with Crippen LogP contribution in [-0.4, -0.2) is 45.9 Å². The van der Waals surface area contributed by atoms with E-state index in [1.807, 2.05) is 30.3 Å². The van der Waals surface area contributed by atoms with Gasteiger partial charge in [-0.3, -0.25) is 4.90 Å². The molecule has 0 atom stereocenters. The van der Waals surface area contributed by atoms with Crippen LogP contribution in [0.1, 0.15) is 34.3 Å². The van der Waals surface area contributed by atoms with Gasteiger partial charge in [-0.1, -0.05) is 18.2 Å². The molecule has 0 spiro atoms. The van der Waals surface area contributed by atoms with Gasteiger partial charge in [-0.25, -0.2) is 10.7 Å². The maximum absolute atomic E-state index is 11.4. The molecule has 4 N–H and O–H groups in total. The Morgan fingerprint density at radius 1 is 1.07 bits per heavy atom. The molecule has 0 radical (unpaired) electrons. The molecule has 0 unspecified atom stereocenters. The van der Waals surface area contributed by atoms with E-state index >= 15 is 0 Å². The molecule has 1 aliphatic heterocycles. The minimum atomic E-state index is -0.893. The van der Waals surface area contributed by atoms with Gasteiger partial charge in [0.05, 0.1) is 12.7 Å². The second-order valence-corrected chi connectivity index (χ2v) is 7.15. The van der Waals surface area contributed by atoms with Crippen LogP contribution in [0.4, 0.5) is 0 Å². The minimum absolute atomic E-state index is 0.323. The van der Waals surface area contributed by atoms with Crippen molar-refractivity contribution >= 4 is 16.9 Å². The van der Waals surface area contributed by atoms with Crippen LogP contribution in [0.5, 0.6) is 5.75 Å². The molecular weight excluding hydrogens is 370 g/mol. The van der Waals surface area contributed by atoms with Crippen LogP contribution < -0.4 is 10.6 Å². The number of carboxylic acid groups (broad SMARTS) is 1. The number of likely N-dealkylation sites (tertiary alicyclic amines) is 1. The number of ether oxygens (including phenoxy) is 1. The van der Waals surface area contributed by atoms with E-state index in [1.54, 1.807) is 19.2 Å². The summed E-state index contributed by atoms with van der Waals surface area (Å²) in [4.78, 5) is 13.9. The Kier molecular flexibility index (Phi) is 6.87. The molecule has 2 aromatic carbocycles. The predicted molar refractivity (Wildman–Crippen MR) is 111 cm³/mol. The Morgan fingerprint density at radius 3 is 2.38 bits per heavy atom. The lowest BCUT2D eigenvalue weighted by molar-refractivity contribution is 0.0697. The Balaban J connectivity index is 0.00000117. The van der Waals surface area contributed by atoms with Crippen LogP contribution in [0.2, 0.25) is 0 Å². The Hall–Kier alpha value is -2.87. The van der Waals surface area contributed by atoms with Crippen LogP contribution in [0.3, 0.4) is 0 Å². The van der Waals surface area contributed by atoms with Gasteiger partial charge in [0, 0.05) is 30.2 Å². The Bertz CT molecular complexity index is 960. The summed E-state index contributed by atoms with van der Waals surface area (Å²) in [6, 6.07) is 13.4. The van der Waals surface area contributed by atoms with E-state index in [1.165, 1.54) is 18.4 Å². The molecule has 1 aliphatic rings. The first-order chi connectivity index (χ1) is 14.1. The molecule has 1 fully saturated rings. The van der Waals surface area contributed by atoms with Crippen LogP contribution in [0.25, 0.3) is 10.9 Å². The summed E-state index contributed by atoms with van der Waals surface area (Å²) in [5, 5.41) is 17.0. The molecular formula is C22H27N3O4. The van der Waals surface area contributed by atoms with E-state index in [4.69, 9.17) is 9.94 Å². The standard InChI is InChI=1S/C22H24N2O3.H3NO/c1-27-19-7-4-16(5-8-19)13-24-15-18(14-23-10-2-3-11-23)20-9-6-17(22(25)26)12-21(20)24;1-2/h4-9,12,15H,2-3,10-11,13-14H2,1H3,(H,25,26);2H,1H2. The first kappa shape index (κ1) is 20.9. The number of aromatic nitrogens is 1. The second kappa shape index (κ2) is 9.56. The highest BCUT2D eigenvalue weighted by atomic mass is 16.5. The summed E-state index contributed by atoms with van der Waals surface area (Å²) in [5.41, 5.74) is 3.71. The third kappa shape index (κ3) is 4.76. The van der Waals surface area contributed by atoms with E-state index in [2.05, 4.69) is 21.6 Å². The molecule has 7 nitrogen and oxygen atoms in total. The van der Waals surface area contributed by atoms with E-state index in [0.717, 1.165) is 41.9 Å². The molecule has 0 saturated carbocycles. The number of rotatable bonds is 6. The number of benzene rings is 2. The topological polar surface area (TPSA) is 101 Å². The van der Waals surface area contributed by atoms with Crippen molar-refractivity contribution in [2.24, 2.45) is 5.90 Å². The smallest absolute Gasteiger partial charge is 0.335 e. The second-order valence-electron chi connectivity index (χ2n) is 7.15. The normalized spacial score (nSPS) is 13.9. The van der Waals surface area contributed by atoms with E-state index in [0.29, 0.717) is 12.1 Å². The molecule has 3 aromatic rings. The van der Waals surface area contributed by atoms with Crippen molar-refractivity contribution in [1.29, 1.82) is 0 Å².